The molecule has 1 aromatic heterocycles. The van der Waals surface area contributed by atoms with Gasteiger partial charge in [-0.3, -0.25) is 0 Å². The molecule has 0 spiro atoms. The quantitative estimate of drug-likeness (QED) is 0.800. The number of nitrogens with zero attached hydrogens (tertiary/aromatic N) is 3. The van der Waals surface area contributed by atoms with Crippen LogP contribution in [0.1, 0.15) is 31.1 Å². The fourth-order valence-electron chi connectivity index (χ4n) is 1.70. The van der Waals surface area contributed by atoms with Crippen molar-refractivity contribution in [1.29, 1.82) is 0 Å². The summed E-state index contributed by atoms with van der Waals surface area (Å²) in [6, 6.07) is 0. The van der Waals surface area contributed by atoms with E-state index >= 15 is 0 Å². The minimum absolute atomic E-state index is 0.306. The van der Waals surface area contributed by atoms with Gasteiger partial charge in [-0.05, 0) is 18.6 Å². The second-order valence-corrected chi connectivity index (χ2v) is 4.96. The maximum atomic E-state index is 10.0. The molecule has 2 heterocycles. The first kappa shape index (κ1) is 9.98. The van der Waals surface area contributed by atoms with Crippen molar-refractivity contribution < 1.29 is 5.11 Å². The van der Waals surface area contributed by atoms with Crippen LogP contribution in [0.2, 0.25) is 0 Å². The molecule has 0 amide bonds. The third-order valence-electron chi connectivity index (χ3n) is 2.49. The zero-order valence-electron chi connectivity index (χ0n) is 8.26. The third kappa shape index (κ3) is 2.09. The number of hydrogen-bond acceptors (Lipinski definition) is 4. The van der Waals surface area contributed by atoms with Crippen LogP contribution in [0, 0.1) is 0 Å². The van der Waals surface area contributed by atoms with Crippen molar-refractivity contribution in [1.82, 2.24) is 15.0 Å². The number of rotatable bonds is 2. The lowest BCUT2D eigenvalue weighted by Crippen LogP contribution is -2.19. The van der Waals surface area contributed by atoms with Gasteiger partial charge in [0.1, 0.15) is 11.8 Å². The number of thioether (sulfide) groups is 1. The van der Waals surface area contributed by atoms with Crippen LogP contribution in [-0.2, 0) is 7.05 Å². The average Bonchev–Trinajstić information content (AvgIpc) is 2.65. The summed E-state index contributed by atoms with van der Waals surface area (Å²) in [7, 11) is 1.77. The second kappa shape index (κ2) is 4.31. The van der Waals surface area contributed by atoms with Crippen molar-refractivity contribution in [2.24, 2.45) is 7.05 Å². The Kier molecular flexibility index (Phi) is 3.08. The molecule has 1 aliphatic heterocycles. The summed E-state index contributed by atoms with van der Waals surface area (Å²) in [5.74, 6) is 1.15. The molecular weight excluding hydrogens is 198 g/mol. The van der Waals surface area contributed by atoms with Crippen molar-refractivity contribution in [3.8, 4) is 0 Å². The molecule has 2 atom stereocenters. The Morgan fingerprint density at radius 2 is 2.50 bits per heavy atom. The van der Waals surface area contributed by atoms with E-state index in [1.807, 2.05) is 11.8 Å². The van der Waals surface area contributed by atoms with Gasteiger partial charge in [0.2, 0.25) is 0 Å². The average molecular weight is 213 g/mol. The van der Waals surface area contributed by atoms with Crippen molar-refractivity contribution in [3.63, 3.8) is 0 Å². The topological polar surface area (TPSA) is 50.9 Å². The normalized spacial score (nSPS) is 24.9. The molecule has 2 unspecified atom stereocenters. The molecule has 1 fully saturated rings. The van der Waals surface area contributed by atoms with Gasteiger partial charge in [-0.2, -0.15) is 26.8 Å². The van der Waals surface area contributed by atoms with Gasteiger partial charge in [-0.15, -0.1) is 0 Å². The lowest BCUT2D eigenvalue weighted by Gasteiger charge is -2.24. The molecule has 14 heavy (non-hydrogen) atoms. The smallest absolute Gasteiger partial charge is 0.112 e. The van der Waals surface area contributed by atoms with E-state index in [1.54, 1.807) is 13.2 Å². The van der Waals surface area contributed by atoms with Crippen molar-refractivity contribution in [2.45, 2.75) is 30.6 Å². The summed E-state index contributed by atoms with van der Waals surface area (Å²) in [6.07, 6.45) is 4.78. The van der Waals surface area contributed by atoms with E-state index in [4.69, 9.17) is 0 Å². The molecule has 1 aliphatic rings. The largest absolute Gasteiger partial charge is 0.386 e. The van der Waals surface area contributed by atoms with Crippen LogP contribution in [0.15, 0.2) is 6.20 Å². The number of aliphatic hydroxyl groups excluding tert-OH is 1. The molecule has 0 saturated carbocycles. The van der Waals surface area contributed by atoms with E-state index < -0.39 is 6.10 Å². The number of aliphatic hydroxyl groups is 1. The highest BCUT2D eigenvalue weighted by atomic mass is 32.2. The lowest BCUT2D eigenvalue weighted by molar-refractivity contribution is 0.163. The van der Waals surface area contributed by atoms with Crippen LogP contribution in [0.25, 0.3) is 0 Å². The van der Waals surface area contributed by atoms with Crippen LogP contribution in [0.5, 0.6) is 0 Å². The minimum Gasteiger partial charge on any atom is -0.386 e. The Morgan fingerprint density at radius 1 is 1.64 bits per heavy atom. The highest BCUT2D eigenvalue weighted by Crippen LogP contribution is 2.33. The van der Waals surface area contributed by atoms with Gasteiger partial charge in [0, 0.05) is 12.3 Å². The van der Waals surface area contributed by atoms with Gasteiger partial charge >= 0.3 is 0 Å². The summed E-state index contributed by atoms with van der Waals surface area (Å²) in [4.78, 5) is 1.49. The van der Waals surface area contributed by atoms with Crippen molar-refractivity contribution in [3.05, 3.63) is 11.9 Å². The first-order valence-electron chi connectivity index (χ1n) is 4.93. The summed E-state index contributed by atoms with van der Waals surface area (Å²) >= 11 is 1.85. The lowest BCUT2D eigenvalue weighted by atomic mass is 10.1. The molecule has 0 aliphatic carbocycles. The standard InChI is InChI=1S/C9H15N3OS/c1-12-10-6-7(11-12)9(13)8-4-2-3-5-14-8/h6,8-9,13H,2-5H2,1H3. The van der Waals surface area contributed by atoms with Gasteiger partial charge < -0.3 is 5.11 Å². The highest BCUT2D eigenvalue weighted by Gasteiger charge is 2.25. The number of hydrogen-bond donors (Lipinski definition) is 1. The number of aryl methyl sites for hydroxylation is 1. The molecule has 78 valence electrons. The van der Waals surface area contributed by atoms with E-state index in [2.05, 4.69) is 10.2 Å². The van der Waals surface area contributed by atoms with Crippen LogP contribution >= 0.6 is 11.8 Å². The second-order valence-electron chi connectivity index (χ2n) is 3.61. The zero-order valence-corrected chi connectivity index (χ0v) is 9.07. The number of aromatic nitrogens is 3. The first-order valence-corrected chi connectivity index (χ1v) is 5.98. The van der Waals surface area contributed by atoms with Crippen LogP contribution in [-0.4, -0.2) is 31.1 Å². The first-order chi connectivity index (χ1) is 6.77. The monoisotopic (exact) mass is 213 g/mol. The van der Waals surface area contributed by atoms with Crippen LogP contribution in [0.3, 0.4) is 0 Å². The summed E-state index contributed by atoms with van der Waals surface area (Å²) in [6.45, 7) is 0. The molecule has 5 heteroatoms. The van der Waals surface area contributed by atoms with Crippen LogP contribution in [0.4, 0.5) is 0 Å². The third-order valence-corrected chi connectivity index (χ3v) is 3.93. The SMILES string of the molecule is Cn1ncc(C(O)C2CCCCS2)n1. The summed E-state index contributed by atoms with van der Waals surface area (Å²) in [5, 5.41) is 18.4. The molecule has 0 aromatic carbocycles. The molecule has 2 rings (SSSR count). The molecule has 1 aromatic rings. The van der Waals surface area contributed by atoms with E-state index in [0.717, 1.165) is 12.2 Å². The molecular formula is C9H15N3OS. The highest BCUT2D eigenvalue weighted by molar-refractivity contribution is 7.99. The van der Waals surface area contributed by atoms with E-state index in [9.17, 15) is 5.11 Å². The Bertz CT molecular complexity index is 296. The van der Waals surface area contributed by atoms with Crippen LogP contribution < -0.4 is 0 Å². The Morgan fingerprint density at radius 3 is 3.07 bits per heavy atom. The van der Waals surface area contributed by atoms with Gasteiger partial charge in [-0.25, -0.2) is 0 Å². The van der Waals surface area contributed by atoms with Crippen molar-refractivity contribution in [2.75, 3.05) is 5.75 Å². The predicted octanol–water partition coefficient (Wildman–Crippen LogP) is 1.13. The van der Waals surface area contributed by atoms with E-state index in [1.165, 1.54) is 17.6 Å². The fraction of sp³-hybridized carbons (Fsp3) is 0.778. The maximum Gasteiger partial charge on any atom is 0.112 e. The molecule has 0 radical (unpaired) electrons. The molecule has 0 bridgehead atoms. The molecule has 1 saturated heterocycles. The molecule has 4 nitrogen and oxygen atoms in total. The van der Waals surface area contributed by atoms with Gasteiger partial charge in [0.05, 0.1) is 6.20 Å². The van der Waals surface area contributed by atoms with Gasteiger partial charge in [-0.1, -0.05) is 6.42 Å². The van der Waals surface area contributed by atoms with Gasteiger partial charge in [0.25, 0.3) is 0 Å². The minimum atomic E-state index is -0.450. The Labute approximate surface area is 87.7 Å². The summed E-state index contributed by atoms with van der Waals surface area (Å²) < 4.78 is 0. The van der Waals surface area contributed by atoms with Crippen molar-refractivity contribution >= 4 is 11.8 Å². The summed E-state index contributed by atoms with van der Waals surface area (Å²) in [5.41, 5.74) is 0.701. The zero-order chi connectivity index (χ0) is 9.97. The predicted molar refractivity (Wildman–Crippen MR) is 56.1 cm³/mol. The van der Waals surface area contributed by atoms with E-state index in [-0.39, 0.29) is 0 Å². The maximum absolute atomic E-state index is 10.0. The molecule has 1 N–H and O–H groups in total. The van der Waals surface area contributed by atoms with E-state index in [0.29, 0.717) is 10.9 Å². The Balaban J connectivity index is 2.03. The Hall–Kier alpha value is -0.550. The van der Waals surface area contributed by atoms with Gasteiger partial charge in [0.15, 0.2) is 0 Å². The fourth-order valence-corrected chi connectivity index (χ4v) is 3.03.